The number of aryl methyl sites for hydroxylation is 1. The second-order valence-electron chi connectivity index (χ2n) is 4.49. The summed E-state index contributed by atoms with van der Waals surface area (Å²) >= 11 is 0. The second-order valence-corrected chi connectivity index (χ2v) is 4.49. The maximum Gasteiger partial charge on any atom is 0.387 e. The summed E-state index contributed by atoms with van der Waals surface area (Å²) in [6.07, 6.45) is 0. The summed E-state index contributed by atoms with van der Waals surface area (Å²) in [6, 6.07) is 14.1. The van der Waals surface area contributed by atoms with Crippen molar-refractivity contribution in [3.8, 4) is 11.8 Å². The number of hydrogen-bond acceptors (Lipinski definition) is 3. The Bertz CT molecular complexity index is 648. The first kappa shape index (κ1) is 14.8. The van der Waals surface area contributed by atoms with Crippen molar-refractivity contribution in [1.29, 1.82) is 5.26 Å². The van der Waals surface area contributed by atoms with Gasteiger partial charge in [0.2, 0.25) is 0 Å². The number of rotatable bonds is 5. The monoisotopic (exact) mass is 288 g/mol. The molecule has 1 N–H and O–H groups in total. The maximum absolute atomic E-state index is 12.0. The van der Waals surface area contributed by atoms with Gasteiger partial charge in [-0.15, -0.1) is 0 Å². The standard InChI is InChI=1S/C16H14F2N2O/c1-11-3-2-4-15(14(11)9-19)20-10-12-5-7-13(8-6-12)21-16(17)18/h2-8,16,20H,10H2,1H3. The lowest BCUT2D eigenvalue weighted by Gasteiger charge is -2.10. The van der Waals surface area contributed by atoms with E-state index in [-0.39, 0.29) is 5.75 Å². The van der Waals surface area contributed by atoms with Gasteiger partial charge in [-0.05, 0) is 36.2 Å². The summed E-state index contributed by atoms with van der Waals surface area (Å²) in [4.78, 5) is 0. The molecule has 0 amide bonds. The molecule has 0 atom stereocenters. The van der Waals surface area contributed by atoms with Crippen LogP contribution in [-0.4, -0.2) is 6.61 Å². The molecule has 2 rings (SSSR count). The zero-order valence-corrected chi connectivity index (χ0v) is 11.4. The first-order valence-corrected chi connectivity index (χ1v) is 6.37. The zero-order chi connectivity index (χ0) is 15.2. The molecule has 108 valence electrons. The Morgan fingerprint density at radius 2 is 1.90 bits per heavy atom. The highest BCUT2D eigenvalue weighted by atomic mass is 19.3. The minimum absolute atomic E-state index is 0.127. The van der Waals surface area contributed by atoms with E-state index in [1.807, 2.05) is 25.1 Å². The van der Waals surface area contributed by atoms with E-state index in [1.54, 1.807) is 12.1 Å². The molecule has 0 radical (unpaired) electrons. The summed E-state index contributed by atoms with van der Waals surface area (Å²) in [5.41, 5.74) is 3.17. The molecule has 0 unspecified atom stereocenters. The Morgan fingerprint density at radius 3 is 2.52 bits per heavy atom. The van der Waals surface area contributed by atoms with Gasteiger partial charge in [-0.2, -0.15) is 14.0 Å². The lowest BCUT2D eigenvalue weighted by Crippen LogP contribution is -2.04. The van der Waals surface area contributed by atoms with E-state index in [4.69, 9.17) is 5.26 Å². The first-order chi connectivity index (χ1) is 10.1. The van der Waals surface area contributed by atoms with E-state index in [2.05, 4.69) is 16.1 Å². The summed E-state index contributed by atoms with van der Waals surface area (Å²) in [7, 11) is 0. The summed E-state index contributed by atoms with van der Waals surface area (Å²) < 4.78 is 28.4. The van der Waals surface area contributed by atoms with E-state index in [0.717, 1.165) is 16.8 Å². The van der Waals surface area contributed by atoms with Crippen LogP contribution in [0.25, 0.3) is 0 Å². The Morgan fingerprint density at radius 1 is 1.19 bits per heavy atom. The molecule has 0 saturated carbocycles. The van der Waals surface area contributed by atoms with Crippen LogP contribution >= 0.6 is 0 Å². The fraction of sp³-hybridized carbons (Fsp3) is 0.188. The number of anilines is 1. The zero-order valence-electron chi connectivity index (χ0n) is 11.4. The predicted molar refractivity (Wildman–Crippen MR) is 76.3 cm³/mol. The number of halogens is 2. The van der Waals surface area contributed by atoms with Crippen molar-refractivity contribution >= 4 is 5.69 Å². The molecule has 0 heterocycles. The molecule has 0 saturated heterocycles. The molecule has 0 aliphatic rings. The molecule has 0 spiro atoms. The van der Waals surface area contributed by atoms with Crippen molar-refractivity contribution in [2.24, 2.45) is 0 Å². The van der Waals surface area contributed by atoms with Gasteiger partial charge in [-0.25, -0.2) is 0 Å². The van der Waals surface area contributed by atoms with E-state index < -0.39 is 6.61 Å². The van der Waals surface area contributed by atoms with Crippen LogP contribution in [0.15, 0.2) is 42.5 Å². The van der Waals surface area contributed by atoms with Crippen LogP contribution in [0, 0.1) is 18.3 Å². The van der Waals surface area contributed by atoms with E-state index in [0.29, 0.717) is 12.1 Å². The highest BCUT2D eigenvalue weighted by Gasteiger charge is 2.06. The molecule has 0 aliphatic carbocycles. The van der Waals surface area contributed by atoms with Gasteiger partial charge in [-0.3, -0.25) is 0 Å². The third-order valence-electron chi connectivity index (χ3n) is 3.02. The van der Waals surface area contributed by atoms with Crippen LogP contribution in [0.2, 0.25) is 0 Å². The SMILES string of the molecule is Cc1cccc(NCc2ccc(OC(F)F)cc2)c1C#N. The average Bonchev–Trinajstić information content (AvgIpc) is 2.46. The molecule has 2 aromatic rings. The van der Waals surface area contributed by atoms with Crippen LogP contribution in [0.5, 0.6) is 5.75 Å². The lowest BCUT2D eigenvalue weighted by atomic mass is 10.1. The van der Waals surface area contributed by atoms with Crippen LogP contribution < -0.4 is 10.1 Å². The Labute approximate surface area is 121 Å². The highest BCUT2D eigenvalue weighted by molar-refractivity contribution is 5.60. The first-order valence-electron chi connectivity index (χ1n) is 6.37. The average molecular weight is 288 g/mol. The van der Waals surface area contributed by atoms with E-state index in [9.17, 15) is 8.78 Å². The number of ether oxygens (including phenoxy) is 1. The van der Waals surface area contributed by atoms with Crippen LogP contribution in [0.3, 0.4) is 0 Å². The van der Waals surface area contributed by atoms with Gasteiger partial charge in [0.1, 0.15) is 11.8 Å². The molecular weight excluding hydrogens is 274 g/mol. The predicted octanol–water partition coefficient (Wildman–Crippen LogP) is 4.08. The molecule has 21 heavy (non-hydrogen) atoms. The quantitative estimate of drug-likeness (QED) is 0.901. The van der Waals surface area contributed by atoms with Gasteiger partial charge < -0.3 is 10.1 Å². The molecule has 2 aromatic carbocycles. The largest absolute Gasteiger partial charge is 0.435 e. The molecule has 0 aromatic heterocycles. The van der Waals surface area contributed by atoms with Gasteiger partial charge in [0.05, 0.1) is 11.3 Å². The summed E-state index contributed by atoms with van der Waals surface area (Å²) in [6.45, 7) is -0.452. The molecule has 3 nitrogen and oxygen atoms in total. The minimum atomic E-state index is -2.82. The topological polar surface area (TPSA) is 45.0 Å². The Balaban J connectivity index is 2.04. The van der Waals surface area contributed by atoms with Crippen molar-refractivity contribution in [2.75, 3.05) is 5.32 Å². The van der Waals surface area contributed by atoms with E-state index in [1.165, 1.54) is 12.1 Å². The van der Waals surface area contributed by atoms with Gasteiger partial charge in [-0.1, -0.05) is 24.3 Å². The number of alkyl halides is 2. The molecular formula is C16H14F2N2O. The van der Waals surface area contributed by atoms with Gasteiger partial charge in [0.15, 0.2) is 0 Å². The third-order valence-corrected chi connectivity index (χ3v) is 3.02. The van der Waals surface area contributed by atoms with Crippen molar-refractivity contribution in [3.05, 3.63) is 59.2 Å². The normalized spacial score (nSPS) is 10.2. The molecule has 5 heteroatoms. The number of nitrogens with zero attached hydrogens (tertiary/aromatic N) is 1. The molecule has 0 bridgehead atoms. The summed E-state index contributed by atoms with van der Waals surface area (Å²) in [5, 5.41) is 12.3. The van der Waals surface area contributed by atoms with Crippen LogP contribution in [0.4, 0.5) is 14.5 Å². The Hall–Kier alpha value is -2.61. The number of nitrogens with one attached hydrogen (secondary N) is 1. The van der Waals surface area contributed by atoms with Crippen molar-refractivity contribution in [1.82, 2.24) is 0 Å². The number of hydrogen-bond donors (Lipinski definition) is 1. The second kappa shape index (κ2) is 6.71. The Kier molecular flexibility index (Phi) is 4.72. The molecule has 0 aliphatic heterocycles. The highest BCUT2D eigenvalue weighted by Crippen LogP contribution is 2.20. The van der Waals surface area contributed by atoms with Gasteiger partial charge in [0.25, 0.3) is 0 Å². The van der Waals surface area contributed by atoms with Crippen molar-refractivity contribution < 1.29 is 13.5 Å². The minimum Gasteiger partial charge on any atom is -0.435 e. The number of benzene rings is 2. The maximum atomic E-state index is 12.0. The van der Waals surface area contributed by atoms with Gasteiger partial charge >= 0.3 is 6.61 Å². The van der Waals surface area contributed by atoms with Crippen LogP contribution in [-0.2, 0) is 6.54 Å². The fourth-order valence-corrected chi connectivity index (χ4v) is 1.95. The van der Waals surface area contributed by atoms with Gasteiger partial charge in [0, 0.05) is 6.54 Å². The third kappa shape index (κ3) is 3.93. The van der Waals surface area contributed by atoms with Crippen molar-refractivity contribution in [2.45, 2.75) is 20.1 Å². The fourth-order valence-electron chi connectivity index (χ4n) is 1.95. The smallest absolute Gasteiger partial charge is 0.387 e. The summed E-state index contributed by atoms with van der Waals surface area (Å²) in [5.74, 6) is 0.127. The van der Waals surface area contributed by atoms with Crippen LogP contribution in [0.1, 0.15) is 16.7 Å². The molecule has 0 fully saturated rings. The van der Waals surface area contributed by atoms with E-state index >= 15 is 0 Å². The lowest BCUT2D eigenvalue weighted by molar-refractivity contribution is -0.0498. The number of nitriles is 1. The van der Waals surface area contributed by atoms with Crippen molar-refractivity contribution in [3.63, 3.8) is 0 Å².